The maximum atomic E-state index is 10.9. The SMILES string of the molecule is CCOP(=O)(O)CCCN.Cl. The maximum Gasteiger partial charge on any atom is 0.328 e. The molecule has 0 saturated heterocycles. The van der Waals surface area contributed by atoms with Crippen molar-refractivity contribution < 1.29 is 14.0 Å². The number of halogens is 1. The Kier molecular flexibility index (Phi) is 8.97. The first-order valence-corrected chi connectivity index (χ1v) is 5.05. The van der Waals surface area contributed by atoms with E-state index in [9.17, 15) is 4.57 Å². The third-order valence-corrected chi connectivity index (χ3v) is 2.52. The van der Waals surface area contributed by atoms with E-state index in [1.54, 1.807) is 6.92 Å². The summed E-state index contributed by atoms with van der Waals surface area (Å²) in [5.41, 5.74) is 5.14. The molecule has 11 heavy (non-hydrogen) atoms. The van der Waals surface area contributed by atoms with Gasteiger partial charge in [0.25, 0.3) is 0 Å². The molecule has 1 atom stereocenters. The van der Waals surface area contributed by atoms with E-state index < -0.39 is 7.60 Å². The van der Waals surface area contributed by atoms with Crippen LogP contribution in [0.4, 0.5) is 0 Å². The van der Waals surface area contributed by atoms with Crippen LogP contribution in [0.5, 0.6) is 0 Å². The maximum absolute atomic E-state index is 10.9. The molecule has 0 rings (SSSR count). The van der Waals surface area contributed by atoms with Crippen molar-refractivity contribution in [1.82, 2.24) is 0 Å². The van der Waals surface area contributed by atoms with Crippen LogP contribution in [0.15, 0.2) is 0 Å². The number of hydrogen-bond acceptors (Lipinski definition) is 3. The molecule has 0 aliphatic heterocycles. The van der Waals surface area contributed by atoms with Crippen LogP contribution in [0.3, 0.4) is 0 Å². The molecule has 0 radical (unpaired) electrons. The smallest absolute Gasteiger partial charge is 0.328 e. The lowest BCUT2D eigenvalue weighted by Crippen LogP contribution is -2.03. The first-order chi connectivity index (χ1) is 4.62. The van der Waals surface area contributed by atoms with Gasteiger partial charge in [-0.3, -0.25) is 4.57 Å². The Morgan fingerprint density at radius 3 is 2.55 bits per heavy atom. The lowest BCUT2D eigenvalue weighted by Gasteiger charge is -2.08. The fraction of sp³-hybridized carbons (Fsp3) is 1.00. The predicted molar refractivity (Wildman–Crippen MR) is 47.2 cm³/mol. The van der Waals surface area contributed by atoms with E-state index in [4.69, 9.17) is 10.6 Å². The van der Waals surface area contributed by atoms with Crippen molar-refractivity contribution in [3.63, 3.8) is 0 Å². The summed E-state index contributed by atoms with van der Waals surface area (Å²) < 4.78 is 15.4. The van der Waals surface area contributed by atoms with Gasteiger partial charge < -0.3 is 15.2 Å². The molecule has 6 heteroatoms. The Morgan fingerprint density at radius 1 is 1.64 bits per heavy atom. The van der Waals surface area contributed by atoms with Crippen molar-refractivity contribution in [2.24, 2.45) is 5.73 Å². The van der Waals surface area contributed by atoms with Crippen LogP contribution in [-0.4, -0.2) is 24.2 Å². The lowest BCUT2D eigenvalue weighted by atomic mass is 10.5. The Bertz CT molecular complexity index is 133. The second kappa shape index (κ2) is 7.07. The number of hydrogen-bond donors (Lipinski definition) is 2. The van der Waals surface area contributed by atoms with Crippen LogP contribution < -0.4 is 5.73 Å². The van der Waals surface area contributed by atoms with Gasteiger partial charge in [-0.25, -0.2) is 0 Å². The molecule has 0 aliphatic carbocycles. The first kappa shape index (κ1) is 14.0. The van der Waals surface area contributed by atoms with Gasteiger partial charge in [0, 0.05) is 0 Å². The van der Waals surface area contributed by atoms with Gasteiger partial charge >= 0.3 is 7.60 Å². The van der Waals surface area contributed by atoms with Crippen molar-refractivity contribution in [2.75, 3.05) is 19.3 Å². The third kappa shape index (κ3) is 8.30. The zero-order chi connectivity index (χ0) is 8.04. The van der Waals surface area contributed by atoms with Crippen molar-refractivity contribution in [3.05, 3.63) is 0 Å². The van der Waals surface area contributed by atoms with Crippen LogP contribution in [0.1, 0.15) is 13.3 Å². The zero-order valence-corrected chi connectivity index (χ0v) is 8.24. The molecule has 0 saturated carbocycles. The molecule has 4 nitrogen and oxygen atoms in total. The molecule has 0 amide bonds. The number of nitrogens with two attached hydrogens (primary N) is 1. The molecule has 3 N–H and O–H groups in total. The molecular formula is C5H15ClNO3P. The first-order valence-electron chi connectivity index (χ1n) is 3.29. The minimum absolute atomic E-state index is 0. The molecule has 0 aromatic carbocycles. The van der Waals surface area contributed by atoms with Crippen LogP contribution >= 0.6 is 20.0 Å². The normalized spacial score (nSPS) is 15.2. The van der Waals surface area contributed by atoms with Crippen LogP contribution in [-0.2, 0) is 9.09 Å². The van der Waals surface area contributed by atoms with Gasteiger partial charge in [-0.05, 0) is 19.9 Å². The topological polar surface area (TPSA) is 72.5 Å². The van der Waals surface area contributed by atoms with E-state index >= 15 is 0 Å². The summed E-state index contributed by atoms with van der Waals surface area (Å²) in [4.78, 5) is 8.92. The van der Waals surface area contributed by atoms with Gasteiger partial charge in [-0.2, -0.15) is 0 Å². The van der Waals surface area contributed by atoms with Crippen LogP contribution in [0.25, 0.3) is 0 Å². The molecular weight excluding hydrogens is 188 g/mol. The summed E-state index contributed by atoms with van der Waals surface area (Å²) in [6, 6.07) is 0. The van der Waals surface area contributed by atoms with Gasteiger partial charge in [0.1, 0.15) is 0 Å². The molecule has 0 fully saturated rings. The van der Waals surface area contributed by atoms with Crippen molar-refractivity contribution >= 4 is 20.0 Å². The minimum Gasteiger partial charge on any atom is -0.330 e. The Labute approximate surface area is 73.1 Å². The highest BCUT2D eigenvalue weighted by atomic mass is 35.5. The second-order valence-electron chi connectivity index (χ2n) is 1.92. The summed E-state index contributed by atoms with van der Waals surface area (Å²) >= 11 is 0. The van der Waals surface area contributed by atoms with Crippen LogP contribution in [0, 0.1) is 0 Å². The molecule has 0 aromatic heterocycles. The van der Waals surface area contributed by atoms with E-state index in [0.29, 0.717) is 13.0 Å². The fourth-order valence-corrected chi connectivity index (χ4v) is 1.67. The Hall–Kier alpha value is 0.400. The molecule has 0 bridgehead atoms. The monoisotopic (exact) mass is 203 g/mol. The van der Waals surface area contributed by atoms with Crippen molar-refractivity contribution in [1.29, 1.82) is 0 Å². The average molecular weight is 204 g/mol. The summed E-state index contributed by atoms with van der Waals surface area (Å²) in [7, 11) is -3.29. The second-order valence-corrected chi connectivity index (χ2v) is 3.90. The van der Waals surface area contributed by atoms with Crippen molar-refractivity contribution in [2.45, 2.75) is 13.3 Å². The number of rotatable bonds is 5. The largest absolute Gasteiger partial charge is 0.330 e. The summed E-state index contributed by atoms with van der Waals surface area (Å²) in [5, 5.41) is 0. The predicted octanol–water partition coefficient (Wildman–Crippen LogP) is 0.979. The van der Waals surface area contributed by atoms with E-state index in [1.165, 1.54) is 0 Å². The van der Waals surface area contributed by atoms with Gasteiger partial charge in [-0.15, -0.1) is 12.4 Å². The summed E-state index contributed by atoms with van der Waals surface area (Å²) in [6.45, 7) is 2.39. The van der Waals surface area contributed by atoms with E-state index in [-0.39, 0.29) is 25.2 Å². The molecule has 70 valence electrons. The van der Waals surface area contributed by atoms with E-state index in [1.807, 2.05) is 0 Å². The Morgan fingerprint density at radius 2 is 2.18 bits per heavy atom. The summed E-state index contributed by atoms with van der Waals surface area (Å²) in [6.07, 6.45) is 0.700. The molecule has 1 unspecified atom stereocenters. The fourth-order valence-electron chi connectivity index (χ4n) is 0.557. The molecule has 0 aliphatic rings. The highest BCUT2D eigenvalue weighted by Crippen LogP contribution is 2.41. The minimum atomic E-state index is -3.29. The molecule has 0 spiro atoms. The molecule has 0 heterocycles. The van der Waals surface area contributed by atoms with Gasteiger partial charge in [0.2, 0.25) is 0 Å². The third-order valence-electron chi connectivity index (χ3n) is 0.976. The van der Waals surface area contributed by atoms with Gasteiger partial charge in [-0.1, -0.05) is 0 Å². The van der Waals surface area contributed by atoms with Crippen LogP contribution in [0.2, 0.25) is 0 Å². The standard InChI is InChI=1S/C5H14NO3P.ClH/c1-2-9-10(7,8)5-3-4-6;/h2-6H2,1H3,(H,7,8);1H. The zero-order valence-electron chi connectivity index (χ0n) is 6.52. The van der Waals surface area contributed by atoms with Gasteiger partial charge in [0.05, 0.1) is 12.8 Å². The van der Waals surface area contributed by atoms with E-state index in [0.717, 1.165) is 0 Å². The van der Waals surface area contributed by atoms with Crippen molar-refractivity contribution in [3.8, 4) is 0 Å². The van der Waals surface area contributed by atoms with E-state index in [2.05, 4.69) is 4.52 Å². The quantitative estimate of drug-likeness (QED) is 0.654. The highest BCUT2D eigenvalue weighted by Gasteiger charge is 2.16. The Balaban J connectivity index is 0. The highest BCUT2D eigenvalue weighted by molar-refractivity contribution is 7.52. The molecule has 0 aromatic rings. The van der Waals surface area contributed by atoms with Gasteiger partial charge in [0.15, 0.2) is 0 Å². The lowest BCUT2D eigenvalue weighted by molar-refractivity contribution is 0.273. The summed E-state index contributed by atoms with van der Waals surface area (Å²) in [5.74, 6) is 0. The average Bonchev–Trinajstić information content (AvgIpc) is 1.84.